The molecule has 0 spiro atoms. The lowest BCUT2D eigenvalue weighted by Crippen LogP contribution is -2.24. The molecule has 3 aromatic heterocycles. The van der Waals surface area contributed by atoms with Crippen molar-refractivity contribution in [2.45, 2.75) is 20.0 Å². The lowest BCUT2D eigenvalue weighted by Gasteiger charge is -2.15. The quantitative estimate of drug-likeness (QED) is 0.241. The zero-order valence-corrected chi connectivity index (χ0v) is 22.8. The molecule has 1 amide bonds. The molecule has 0 saturated heterocycles. The number of aromatic amines is 1. The maximum absolute atomic E-state index is 15.0. The lowest BCUT2D eigenvalue weighted by atomic mass is 10.1. The summed E-state index contributed by atoms with van der Waals surface area (Å²) in [5.74, 6) is -0.767. The molecule has 13 heteroatoms. The van der Waals surface area contributed by atoms with Crippen LogP contribution >= 0.6 is 11.3 Å². The Hall–Kier alpha value is -5.04. The molecule has 41 heavy (non-hydrogen) atoms. The first-order chi connectivity index (χ1) is 19.7. The van der Waals surface area contributed by atoms with Gasteiger partial charge in [-0.3, -0.25) is 10.3 Å². The number of fused-ring (bicyclic) bond motifs is 3. The number of methoxy groups -OCH3 is 1. The van der Waals surface area contributed by atoms with Gasteiger partial charge in [0.05, 0.1) is 40.1 Å². The van der Waals surface area contributed by atoms with Crippen LogP contribution in [0.1, 0.15) is 12.5 Å². The molecule has 6 aromatic rings. The highest BCUT2D eigenvalue weighted by atomic mass is 32.1. The van der Waals surface area contributed by atoms with Crippen molar-refractivity contribution in [3.63, 3.8) is 0 Å². The molecular formula is C28H22FN5O6S. The number of aryl methyl sites for hydroxylation is 1. The van der Waals surface area contributed by atoms with E-state index in [1.807, 2.05) is 19.1 Å². The van der Waals surface area contributed by atoms with Gasteiger partial charge in [-0.1, -0.05) is 0 Å². The van der Waals surface area contributed by atoms with Crippen LogP contribution in [0, 0.1) is 12.7 Å². The molecule has 1 atom stereocenters. The fraction of sp³-hybridized carbons (Fsp3) is 0.179. The zero-order valence-electron chi connectivity index (χ0n) is 22.0. The van der Waals surface area contributed by atoms with Gasteiger partial charge in [0, 0.05) is 29.4 Å². The Morgan fingerprint density at radius 3 is 2.85 bits per heavy atom. The zero-order chi connectivity index (χ0) is 28.7. The summed E-state index contributed by atoms with van der Waals surface area (Å²) in [5, 5.41) is 3.21. The van der Waals surface area contributed by atoms with E-state index >= 15 is 0 Å². The Bertz CT molecular complexity index is 2000. The molecule has 0 aliphatic carbocycles. The van der Waals surface area contributed by atoms with Gasteiger partial charge in [-0.15, -0.1) is 11.3 Å². The van der Waals surface area contributed by atoms with E-state index in [9.17, 15) is 14.0 Å². The molecule has 0 fully saturated rings. The van der Waals surface area contributed by atoms with Crippen LogP contribution in [0.15, 0.2) is 57.9 Å². The maximum atomic E-state index is 15.0. The number of H-pyrrole nitrogens is 1. The van der Waals surface area contributed by atoms with Crippen molar-refractivity contribution in [2.24, 2.45) is 0 Å². The Morgan fingerprint density at radius 2 is 2.02 bits per heavy atom. The molecule has 0 saturated carbocycles. The molecule has 0 aliphatic rings. The first-order valence-corrected chi connectivity index (χ1v) is 13.2. The second-order valence-electron chi connectivity index (χ2n) is 9.24. The molecular weight excluding hydrogens is 553 g/mol. The molecule has 1 unspecified atom stereocenters. The second-order valence-corrected chi connectivity index (χ2v) is 10.3. The molecule has 0 bridgehead atoms. The predicted octanol–water partition coefficient (Wildman–Crippen LogP) is 5.81. The summed E-state index contributed by atoms with van der Waals surface area (Å²) < 4.78 is 36.8. The van der Waals surface area contributed by atoms with Gasteiger partial charge in [-0.2, -0.15) is 0 Å². The van der Waals surface area contributed by atoms with Crippen LogP contribution in [0.3, 0.4) is 0 Å². The van der Waals surface area contributed by atoms with Gasteiger partial charge in [-0.25, -0.2) is 28.9 Å². The van der Waals surface area contributed by atoms with Gasteiger partial charge in [0.1, 0.15) is 17.7 Å². The molecule has 6 rings (SSSR count). The highest BCUT2D eigenvalue weighted by Gasteiger charge is 2.18. The number of aromatic nitrogens is 4. The van der Waals surface area contributed by atoms with Gasteiger partial charge >= 0.3 is 11.8 Å². The number of hydrogen-bond acceptors (Lipinski definition) is 10. The number of benzene rings is 3. The number of anilines is 1. The second kappa shape index (κ2) is 10.5. The first kappa shape index (κ1) is 26.2. The number of halogens is 1. The largest absolute Gasteiger partial charge is 0.484 e. The van der Waals surface area contributed by atoms with E-state index in [-0.39, 0.29) is 12.4 Å². The fourth-order valence-electron chi connectivity index (χ4n) is 4.27. The average Bonchev–Trinajstić information content (AvgIpc) is 3.52. The number of carbonyl (C=O) groups excluding carboxylic acids is 1. The fourth-order valence-corrected chi connectivity index (χ4v) is 5.26. The normalized spacial score (nSPS) is 12.1. The number of carbonyl (C=O) groups is 1. The monoisotopic (exact) mass is 575 g/mol. The van der Waals surface area contributed by atoms with E-state index in [4.69, 9.17) is 18.6 Å². The molecule has 0 radical (unpaired) electrons. The lowest BCUT2D eigenvalue weighted by molar-refractivity contribution is 0.0969. The summed E-state index contributed by atoms with van der Waals surface area (Å²) in [6, 6.07) is 11.4. The Kier molecular flexibility index (Phi) is 6.71. The van der Waals surface area contributed by atoms with Crippen LogP contribution in [-0.2, 0) is 4.74 Å². The third kappa shape index (κ3) is 5.39. The average molecular weight is 576 g/mol. The molecule has 208 valence electrons. The van der Waals surface area contributed by atoms with Crippen LogP contribution in [0.25, 0.3) is 42.9 Å². The maximum Gasteiger partial charge on any atom is 0.417 e. The number of oxazole rings is 1. The van der Waals surface area contributed by atoms with Gasteiger partial charge in [0.2, 0.25) is 5.88 Å². The van der Waals surface area contributed by atoms with Crippen molar-refractivity contribution in [1.29, 1.82) is 0 Å². The number of nitrogens with zero attached hydrogens (tertiary/aromatic N) is 3. The molecule has 0 aliphatic heterocycles. The first-order valence-electron chi connectivity index (χ1n) is 12.4. The highest BCUT2D eigenvalue weighted by Crippen LogP contribution is 2.37. The Labute approximate surface area is 234 Å². The summed E-state index contributed by atoms with van der Waals surface area (Å²) in [6.45, 7) is 3.46. The third-order valence-corrected chi connectivity index (χ3v) is 7.15. The van der Waals surface area contributed by atoms with E-state index in [0.29, 0.717) is 48.9 Å². The van der Waals surface area contributed by atoms with Crippen LogP contribution in [0.4, 0.5) is 14.9 Å². The number of nitrogens with one attached hydrogen (secondary N) is 2. The number of ether oxygens (including phenoxy) is 3. The summed E-state index contributed by atoms with van der Waals surface area (Å²) >= 11 is 1.37. The smallest absolute Gasteiger partial charge is 0.417 e. The van der Waals surface area contributed by atoms with Crippen LogP contribution in [0.5, 0.6) is 11.6 Å². The third-order valence-electron chi connectivity index (χ3n) is 6.10. The summed E-state index contributed by atoms with van der Waals surface area (Å²) in [4.78, 5) is 39.7. The van der Waals surface area contributed by atoms with E-state index in [0.717, 1.165) is 11.1 Å². The number of hydrogen-bond donors (Lipinski definition) is 2. The van der Waals surface area contributed by atoms with Crippen molar-refractivity contribution in [2.75, 3.05) is 19.0 Å². The van der Waals surface area contributed by atoms with Gasteiger partial charge in [0.25, 0.3) is 0 Å². The topological polar surface area (TPSA) is 141 Å². The number of amides is 1. The van der Waals surface area contributed by atoms with Gasteiger partial charge in [0.15, 0.2) is 17.1 Å². The van der Waals surface area contributed by atoms with Crippen molar-refractivity contribution < 1.29 is 27.8 Å². The summed E-state index contributed by atoms with van der Waals surface area (Å²) in [5.41, 5.74) is 4.74. The van der Waals surface area contributed by atoms with E-state index < -0.39 is 23.8 Å². The van der Waals surface area contributed by atoms with E-state index in [2.05, 4.69) is 25.3 Å². The molecule has 3 aromatic carbocycles. The summed E-state index contributed by atoms with van der Waals surface area (Å²) in [6.07, 6.45) is 0.145. The molecule has 11 nitrogen and oxygen atoms in total. The van der Waals surface area contributed by atoms with Crippen LogP contribution in [-0.4, -0.2) is 45.8 Å². The van der Waals surface area contributed by atoms with Crippen LogP contribution < -0.4 is 20.5 Å². The van der Waals surface area contributed by atoms with Gasteiger partial charge in [-0.05, 0) is 43.7 Å². The van der Waals surface area contributed by atoms with Gasteiger partial charge < -0.3 is 18.6 Å². The summed E-state index contributed by atoms with van der Waals surface area (Å²) in [7, 11) is 1.53. The molecule has 2 N–H and O–H groups in total. The minimum Gasteiger partial charge on any atom is -0.484 e. The van der Waals surface area contributed by atoms with Crippen molar-refractivity contribution in [1.82, 2.24) is 19.9 Å². The molecule has 3 heterocycles. The van der Waals surface area contributed by atoms with Crippen molar-refractivity contribution in [3.05, 3.63) is 70.6 Å². The van der Waals surface area contributed by atoms with Crippen LogP contribution in [0.2, 0.25) is 0 Å². The van der Waals surface area contributed by atoms with E-state index in [1.165, 1.54) is 30.6 Å². The predicted molar refractivity (Wildman–Crippen MR) is 151 cm³/mol. The highest BCUT2D eigenvalue weighted by molar-refractivity contribution is 7.21. The minimum absolute atomic E-state index is 0.00998. The number of thiazole rings is 1. The van der Waals surface area contributed by atoms with Crippen molar-refractivity contribution in [3.8, 4) is 22.2 Å². The standard InChI is InChI=1S/C28H22FN5O6S/c1-13-6-16(25-20(7-13)32-24(37-3)11-30-25)26-33-19-9-17(29)21(10-23(19)41-26)39-14(2)12-38-27(35)31-15-4-5-18-22(8-15)40-28(36)34-18/h4-11,14H,12H2,1-3H3,(H,31,35)(H,34,36). The Morgan fingerprint density at radius 1 is 1.17 bits per heavy atom. The number of rotatable bonds is 7. The SMILES string of the molecule is COc1cnc2c(-c3nc4cc(F)c(OC(C)COC(=O)Nc5ccc6[nH]c(=O)oc6c5)cc4s3)cc(C)cc2n1. The minimum atomic E-state index is -0.744. The van der Waals surface area contributed by atoms with E-state index in [1.54, 1.807) is 31.3 Å². The Balaban J connectivity index is 1.16. The van der Waals surface area contributed by atoms with Crippen molar-refractivity contribution >= 4 is 55.5 Å².